The molecule has 1 aromatic heterocycles. The van der Waals surface area contributed by atoms with Gasteiger partial charge in [0.25, 0.3) is 0 Å². The van der Waals surface area contributed by atoms with Crippen molar-refractivity contribution in [3.63, 3.8) is 0 Å². The third kappa shape index (κ3) is 2.47. The van der Waals surface area contributed by atoms with Crippen molar-refractivity contribution in [2.24, 2.45) is 4.99 Å². The lowest BCUT2D eigenvalue weighted by atomic mass is 10.2. The molecule has 2 heterocycles. The highest BCUT2D eigenvalue weighted by Gasteiger charge is 2.18. The van der Waals surface area contributed by atoms with Crippen molar-refractivity contribution in [1.29, 1.82) is 0 Å². The van der Waals surface area contributed by atoms with E-state index in [1.54, 1.807) is 0 Å². The van der Waals surface area contributed by atoms with Crippen LogP contribution in [0.25, 0.3) is 0 Å². The van der Waals surface area contributed by atoms with Crippen LogP contribution in [0.3, 0.4) is 0 Å². The number of rotatable bonds is 3. The molecule has 18 heavy (non-hydrogen) atoms. The Hall–Kier alpha value is -1.58. The molecule has 96 valence electrons. The van der Waals surface area contributed by atoms with Crippen molar-refractivity contribution >= 4 is 11.7 Å². The Kier molecular flexibility index (Phi) is 3.44. The van der Waals surface area contributed by atoms with E-state index < -0.39 is 0 Å². The molecule has 0 unspecified atom stereocenters. The molecule has 1 aliphatic carbocycles. The van der Waals surface area contributed by atoms with Gasteiger partial charge in [0.1, 0.15) is 11.7 Å². The minimum Gasteiger partial charge on any atom is -0.370 e. The third-order valence-corrected chi connectivity index (χ3v) is 3.66. The summed E-state index contributed by atoms with van der Waals surface area (Å²) in [7, 11) is 0. The predicted molar refractivity (Wildman–Crippen MR) is 74.1 cm³/mol. The molecule has 0 spiro atoms. The van der Waals surface area contributed by atoms with Crippen LogP contribution in [-0.4, -0.2) is 30.0 Å². The topological polar surface area (TPSA) is 49.3 Å². The molecule has 1 aliphatic heterocycles. The van der Waals surface area contributed by atoms with Crippen molar-refractivity contribution in [2.45, 2.75) is 38.1 Å². The number of pyridine rings is 1. The van der Waals surface area contributed by atoms with Crippen molar-refractivity contribution in [3.05, 3.63) is 23.9 Å². The minimum absolute atomic E-state index is 0.586. The van der Waals surface area contributed by atoms with Gasteiger partial charge in [-0.2, -0.15) is 0 Å². The van der Waals surface area contributed by atoms with E-state index in [4.69, 9.17) is 0 Å². The van der Waals surface area contributed by atoms with Crippen LogP contribution >= 0.6 is 0 Å². The summed E-state index contributed by atoms with van der Waals surface area (Å²) in [5, 5.41) is 6.95. The first kappa shape index (κ1) is 11.5. The van der Waals surface area contributed by atoms with Crippen molar-refractivity contribution < 1.29 is 0 Å². The number of anilines is 1. The summed E-state index contributed by atoms with van der Waals surface area (Å²) in [6, 6.07) is 4.66. The van der Waals surface area contributed by atoms with Crippen LogP contribution in [0.2, 0.25) is 0 Å². The lowest BCUT2D eigenvalue weighted by Crippen LogP contribution is -2.31. The summed E-state index contributed by atoms with van der Waals surface area (Å²) in [6.07, 6.45) is 8.16. The van der Waals surface area contributed by atoms with E-state index >= 15 is 0 Å². The van der Waals surface area contributed by atoms with Crippen LogP contribution in [-0.2, 0) is 0 Å². The number of aromatic nitrogens is 1. The Morgan fingerprint density at radius 3 is 2.89 bits per heavy atom. The van der Waals surface area contributed by atoms with Gasteiger partial charge in [0.05, 0.1) is 5.56 Å². The van der Waals surface area contributed by atoms with Gasteiger partial charge in [-0.05, 0) is 31.4 Å². The van der Waals surface area contributed by atoms with E-state index in [-0.39, 0.29) is 0 Å². The lowest BCUT2D eigenvalue weighted by Gasteiger charge is -2.19. The number of hydrogen-bond acceptors (Lipinski definition) is 4. The molecule has 0 aromatic carbocycles. The molecular weight excluding hydrogens is 224 g/mol. The SMILES string of the molecule is c1cnc(NC2CCCC2)c(C2=NCCCN2)c1. The van der Waals surface area contributed by atoms with E-state index in [9.17, 15) is 0 Å². The summed E-state index contributed by atoms with van der Waals surface area (Å²) >= 11 is 0. The second kappa shape index (κ2) is 5.38. The average Bonchev–Trinajstić information content (AvgIpc) is 2.93. The van der Waals surface area contributed by atoms with Gasteiger partial charge in [0.2, 0.25) is 0 Å². The van der Waals surface area contributed by atoms with E-state index in [1.165, 1.54) is 25.7 Å². The smallest absolute Gasteiger partial charge is 0.137 e. The van der Waals surface area contributed by atoms with E-state index in [0.717, 1.165) is 36.7 Å². The van der Waals surface area contributed by atoms with Crippen LogP contribution in [0.15, 0.2) is 23.3 Å². The second-order valence-electron chi connectivity index (χ2n) is 5.04. The fraction of sp³-hybridized carbons (Fsp3) is 0.571. The molecule has 1 saturated carbocycles. The number of hydrogen-bond donors (Lipinski definition) is 2. The molecule has 0 atom stereocenters. The Bertz CT molecular complexity index is 435. The zero-order chi connectivity index (χ0) is 12.2. The average molecular weight is 244 g/mol. The molecule has 0 saturated heterocycles. The highest BCUT2D eigenvalue weighted by molar-refractivity contribution is 6.03. The maximum absolute atomic E-state index is 4.56. The van der Waals surface area contributed by atoms with Gasteiger partial charge in [-0.1, -0.05) is 12.8 Å². The summed E-state index contributed by atoms with van der Waals surface area (Å²) in [5.74, 6) is 1.98. The van der Waals surface area contributed by atoms with Gasteiger partial charge in [-0.3, -0.25) is 4.99 Å². The van der Waals surface area contributed by atoms with Crippen LogP contribution in [0.5, 0.6) is 0 Å². The number of nitrogens with one attached hydrogen (secondary N) is 2. The standard InChI is InChI=1S/C14H20N4/c1-2-6-11(5-1)18-14-12(7-3-8-17-14)13-15-9-4-10-16-13/h3,7-8,11H,1-2,4-6,9-10H2,(H,15,16)(H,17,18). The first-order valence-electron chi connectivity index (χ1n) is 6.94. The van der Waals surface area contributed by atoms with Gasteiger partial charge >= 0.3 is 0 Å². The third-order valence-electron chi connectivity index (χ3n) is 3.66. The minimum atomic E-state index is 0.586. The van der Waals surface area contributed by atoms with Gasteiger partial charge in [-0.25, -0.2) is 4.98 Å². The quantitative estimate of drug-likeness (QED) is 0.856. The monoisotopic (exact) mass is 244 g/mol. The molecule has 2 aliphatic rings. The lowest BCUT2D eigenvalue weighted by molar-refractivity contribution is 0.737. The fourth-order valence-corrected chi connectivity index (χ4v) is 2.69. The summed E-state index contributed by atoms with van der Waals surface area (Å²) in [5.41, 5.74) is 1.11. The second-order valence-corrected chi connectivity index (χ2v) is 5.04. The maximum atomic E-state index is 4.56. The molecule has 0 amide bonds. The fourth-order valence-electron chi connectivity index (χ4n) is 2.69. The van der Waals surface area contributed by atoms with Crippen molar-refractivity contribution in [3.8, 4) is 0 Å². The molecule has 1 fully saturated rings. The summed E-state index contributed by atoms with van der Waals surface area (Å²) < 4.78 is 0. The van der Waals surface area contributed by atoms with Crippen molar-refractivity contribution in [1.82, 2.24) is 10.3 Å². The molecule has 4 nitrogen and oxygen atoms in total. The van der Waals surface area contributed by atoms with Gasteiger partial charge in [0.15, 0.2) is 0 Å². The van der Waals surface area contributed by atoms with E-state index in [2.05, 4.69) is 26.7 Å². The normalized spacial score (nSPS) is 20.3. The zero-order valence-electron chi connectivity index (χ0n) is 10.7. The van der Waals surface area contributed by atoms with Crippen LogP contribution in [0, 0.1) is 0 Å². The summed E-state index contributed by atoms with van der Waals surface area (Å²) in [6.45, 7) is 1.93. The number of aliphatic imine (C=N–C) groups is 1. The zero-order valence-corrected chi connectivity index (χ0v) is 10.7. The molecule has 4 heteroatoms. The van der Waals surface area contributed by atoms with Crippen LogP contribution in [0.4, 0.5) is 5.82 Å². The Balaban J connectivity index is 1.82. The molecular formula is C14H20N4. The van der Waals surface area contributed by atoms with Crippen molar-refractivity contribution in [2.75, 3.05) is 18.4 Å². The summed E-state index contributed by atoms with van der Waals surface area (Å²) in [4.78, 5) is 9.05. The largest absolute Gasteiger partial charge is 0.370 e. The molecule has 0 radical (unpaired) electrons. The van der Waals surface area contributed by atoms with E-state index in [1.807, 2.05) is 12.3 Å². The first-order chi connectivity index (χ1) is 8.93. The Labute approximate surface area is 108 Å². The number of amidine groups is 1. The predicted octanol–water partition coefficient (Wildman–Crippen LogP) is 2.18. The Morgan fingerprint density at radius 2 is 2.11 bits per heavy atom. The van der Waals surface area contributed by atoms with E-state index in [0.29, 0.717) is 6.04 Å². The van der Waals surface area contributed by atoms with Gasteiger partial charge in [-0.15, -0.1) is 0 Å². The first-order valence-corrected chi connectivity index (χ1v) is 6.94. The highest BCUT2D eigenvalue weighted by Crippen LogP contribution is 2.23. The van der Waals surface area contributed by atoms with Crippen LogP contribution in [0.1, 0.15) is 37.7 Å². The number of nitrogens with zero attached hydrogens (tertiary/aromatic N) is 2. The molecule has 2 N–H and O–H groups in total. The molecule has 3 rings (SSSR count). The Morgan fingerprint density at radius 1 is 1.22 bits per heavy atom. The van der Waals surface area contributed by atoms with Gasteiger partial charge in [0, 0.05) is 25.3 Å². The van der Waals surface area contributed by atoms with Gasteiger partial charge < -0.3 is 10.6 Å². The van der Waals surface area contributed by atoms with Crippen LogP contribution < -0.4 is 10.6 Å². The molecule has 0 bridgehead atoms. The molecule has 1 aromatic rings. The maximum Gasteiger partial charge on any atom is 0.137 e. The highest BCUT2D eigenvalue weighted by atomic mass is 15.1.